The minimum atomic E-state index is -2.55. The van der Waals surface area contributed by atoms with Crippen LogP contribution in [0.1, 0.15) is 90.2 Å². The van der Waals surface area contributed by atoms with Crippen molar-refractivity contribution in [2.24, 2.45) is 0 Å². The van der Waals surface area contributed by atoms with Gasteiger partial charge in [0.15, 0.2) is 0 Å². The molecule has 0 bridgehead atoms. The number of unbranched alkanes of at least 4 members (excludes halogenated alkanes) is 4. The van der Waals surface area contributed by atoms with Crippen LogP contribution in [-0.4, -0.2) is 52.3 Å². The van der Waals surface area contributed by atoms with E-state index in [9.17, 15) is 9.59 Å². The first-order valence-corrected chi connectivity index (χ1v) is 27.7. The van der Waals surface area contributed by atoms with Crippen LogP contribution in [0.4, 0.5) is 0 Å². The first-order valence-electron chi connectivity index (χ1n) is 15.7. The van der Waals surface area contributed by atoms with Gasteiger partial charge in [0.1, 0.15) is 0 Å². The summed E-state index contributed by atoms with van der Waals surface area (Å²) in [6, 6.07) is 20.0. The average Bonchev–Trinajstić information content (AvgIpc) is 2.98. The second-order valence-electron chi connectivity index (χ2n) is 10.9. The van der Waals surface area contributed by atoms with E-state index in [0.717, 1.165) is 80.2 Å². The number of carbonyl (C=O) groups excluding carboxylic acids is 2. The second kappa shape index (κ2) is 21.4. The molecule has 2 aromatic carbocycles. The molecule has 4 nitrogen and oxygen atoms in total. The molecule has 0 fully saturated rings. The molecular formula is C34H52O4Sn2. The molecule has 6 heteroatoms. The third kappa shape index (κ3) is 13.6. The Labute approximate surface area is 258 Å². The first-order chi connectivity index (χ1) is 19.5. The van der Waals surface area contributed by atoms with Gasteiger partial charge in [0.25, 0.3) is 0 Å². The molecule has 2 aromatic rings. The maximum atomic E-state index is 14.0. The van der Waals surface area contributed by atoms with Crippen LogP contribution >= 0.6 is 0 Å². The quantitative estimate of drug-likeness (QED) is 0.100. The molecule has 0 radical (unpaired) electrons. The number of hydrogen-bond acceptors (Lipinski definition) is 4. The normalized spacial score (nSPS) is 11.9. The Hall–Kier alpha value is -1.28. The monoisotopic (exact) mass is 764 g/mol. The van der Waals surface area contributed by atoms with Crippen molar-refractivity contribution >= 4 is 52.3 Å². The molecule has 220 valence electrons. The van der Waals surface area contributed by atoms with Crippen LogP contribution in [0.3, 0.4) is 0 Å². The fraction of sp³-hybridized carbons (Fsp3) is 0.529. The molecule has 0 saturated carbocycles. The summed E-state index contributed by atoms with van der Waals surface area (Å²) in [5.74, 6) is -0.540. The van der Waals surface area contributed by atoms with Crippen molar-refractivity contribution in [1.82, 2.24) is 0 Å². The second-order valence-corrected chi connectivity index (χ2v) is 25.9. The summed E-state index contributed by atoms with van der Waals surface area (Å²) < 4.78 is 17.1. The molecular weight excluding hydrogens is 710 g/mol. The SMILES string of the molecule is CCC[CH2][SnH]([CH2]CCC)[O]C(=O)/C(Cc1ccccc1)=C(/Cc1ccccc1)C(=O)[O][SnH]([CH2]CCC)[CH2]CCC. The van der Waals surface area contributed by atoms with Gasteiger partial charge >= 0.3 is 261 Å². The Bertz CT molecular complexity index is 910. The molecule has 2 rings (SSSR count). The molecule has 0 aromatic heterocycles. The van der Waals surface area contributed by atoms with Gasteiger partial charge in [-0.15, -0.1) is 0 Å². The zero-order valence-corrected chi connectivity index (χ0v) is 32.1. The van der Waals surface area contributed by atoms with E-state index in [0.29, 0.717) is 24.0 Å². The topological polar surface area (TPSA) is 52.6 Å². The zero-order valence-electron chi connectivity index (χ0n) is 25.5. The number of carbonyl (C=O) groups is 2. The van der Waals surface area contributed by atoms with E-state index in [-0.39, 0.29) is 11.9 Å². The van der Waals surface area contributed by atoms with Crippen LogP contribution in [0.25, 0.3) is 0 Å². The summed E-state index contributed by atoms with van der Waals surface area (Å²) in [6.45, 7) is 8.77. The number of benzene rings is 2. The van der Waals surface area contributed by atoms with Gasteiger partial charge in [-0.2, -0.15) is 0 Å². The Balaban J connectivity index is 2.52. The summed E-state index contributed by atoms with van der Waals surface area (Å²) in [7, 11) is 0. The van der Waals surface area contributed by atoms with Crippen molar-refractivity contribution in [3.8, 4) is 0 Å². The molecule has 0 amide bonds. The first kappa shape index (κ1) is 34.9. The fourth-order valence-electron chi connectivity index (χ4n) is 4.90. The molecule has 40 heavy (non-hydrogen) atoms. The molecule has 0 aliphatic rings. The standard InChI is InChI=1S/C18H16O4.4C4H9.2Sn.2H/c19-17(20)15(11-13-7-3-1-4-8-13)16(18(21)22)12-14-9-5-2-6-10-14;4*1-3-4-2;;;;/h1-10H,11-12H2,(H,19,20)(H,21,22);4*1,3-4H2,2H3;;;;/q;;;;;2*+1;;/p-2/b16-15-;;;;;;;;. The predicted octanol–water partition coefficient (Wildman–Crippen LogP) is 8.50. The van der Waals surface area contributed by atoms with Crippen molar-refractivity contribution in [3.63, 3.8) is 0 Å². The van der Waals surface area contributed by atoms with Gasteiger partial charge in [0, 0.05) is 0 Å². The Kier molecular flexibility index (Phi) is 18.7. The van der Waals surface area contributed by atoms with Crippen molar-refractivity contribution < 1.29 is 15.7 Å². The van der Waals surface area contributed by atoms with E-state index in [1.165, 1.54) is 0 Å². The van der Waals surface area contributed by atoms with Gasteiger partial charge < -0.3 is 0 Å². The van der Waals surface area contributed by atoms with E-state index in [2.05, 4.69) is 27.7 Å². The maximum absolute atomic E-state index is 14.0. The Morgan fingerprint density at radius 1 is 0.525 bits per heavy atom. The minimum absolute atomic E-state index is 0.270. The van der Waals surface area contributed by atoms with Crippen LogP contribution in [-0.2, 0) is 28.6 Å². The van der Waals surface area contributed by atoms with Gasteiger partial charge in [0.2, 0.25) is 0 Å². The van der Waals surface area contributed by atoms with E-state index in [4.69, 9.17) is 6.15 Å². The Morgan fingerprint density at radius 2 is 0.825 bits per heavy atom. The summed E-state index contributed by atoms with van der Waals surface area (Å²) in [6.07, 6.45) is 9.66. The molecule has 0 saturated heterocycles. The van der Waals surface area contributed by atoms with Crippen LogP contribution in [0.15, 0.2) is 71.8 Å². The van der Waals surface area contributed by atoms with Crippen LogP contribution in [0, 0.1) is 0 Å². The summed E-state index contributed by atoms with van der Waals surface area (Å²) in [5.41, 5.74) is 3.04. The number of hydrogen-bond donors (Lipinski definition) is 0. The number of rotatable bonds is 20. The van der Waals surface area contributed by atoms with Gasteiger partial charge in [0.05, 0.1) is 0 Å². The third-order valence-corrected chi connectivity index (χ3v) is 22.5. The fourth-order valence-corrected chi connectivity index (χ4v) is 20.3. The van der Waals surface area contributed by atoms with E-state index >= 15 is 0 Å². The van der Waals surface area contributed by atoms with Gasteiger partial charge in [-0.05, 0) is 0 Å². The van der Waals surface area contributed by atoms with Crippen molar-refractivity contribution in [3.05, 3.63) is 82.9 Å². The van der Waals surface area contributed by atoms with Crippen molar-refractivity contribution in [2.75, 3.05) is 0 Å². The summed E-state index contributed by atoms with van der Waals surface area (Å²) >= 11 is -5.10. The molecule has 0 aliphatic carbocycles. The van der Waals surface area contributed by atoms with Gasteiger partial charge in [-0.3, -0.25) is 0 Å². The zero-order chi connectivity index (χ0) is 29.0. The van der Waals surface area contributed by atoms with Crippen molar-refractivity contribution in [1.29, 1.82) is 0 Å². The Morgan fingerprint density at radius 3 is 1.10 bits per heavy atom. The molecule has 0 unspecified atom stereocenters. The molecule has 0 N–H and O–H groups in total. The molecule has 0 heterocycles. The molecule has 0 spiro atoms. The average molecular weight is 762 g/mol. The van der Waals surface area contributed by atoms with E-state index < -0.39 is 40.3 Å². The van der Waals surface area contributed by atoms with E-state index in [1.54, 1.807) is 0 Å². The van der Waals surface area contributed by atoms with Gasteiger partial charge in [-0.25, -0.2) is 0 Å². The van der Waals surface area contributed by atoms with Crippen molar-refractivity contribution in [2.45, 2.75) is 110 Å². The van der Waals surface area contributed by atoms with Crippen LogP contribution < -0.4 is 0 Å². The van der Waals surface area contributed by atoms with Gasteiger partial charge in [-0.1, -0.05) is 0 Å². The van der Waals surface area contributed by atoms with Crippen LogP contribution in [0.2, 0.25) is 17.7 Å². The third-order valence-electron chi connectivity index (χ3n) is 7.37. The van der Waals surface area contributed by atoms with E-state index in [1.807, 2.05) is 60.7 Å². The molecule has 0 atom stereocenters. The molecule has 0 aliphatic heterocycles. The summed E-state index contributed by atoms with van der Waals surface area (Å²) in [5, 5.41) is 0. The van der Waals surface area contributed by atoms with Crippen LogP contribution in [0.5, 0.6) is 0 Å². The predicted molar refractivity (Wildman–Crippen MR) is 173 cm³/mol. The summed E-state index contributed by atoms with van der Waals surface area (Å²) in [4.78, 5) is 28.1.